The molecule has 2 heterocycles. The number of benzene rings is 3. The Kier molecular flexibility index (Phi) is 10.2. The Bertz CT molecular complexity index is 1790. The number of amides is 1. The minimum Gasteiger partial charge on any atom is -0.492 e. The number of halogens is 2. The van der Waals surface area contributed by atoms with E-state index < -0.39 is 10.0 Å². The highest BCUT2D eigenvalue weighted by Gasteiger charge is 2.18. The highest BCUT2D eigenvalue weighted by Crippen LogP contribution is 2.28. The first-order chi connectivity index (χ1) is 20.8. The third-order valence-corrected chi connectivity index (χ3v) is 9.48. The summed E-state index contributed by atoms with van der Waals surface area (Å²) in [5, 5.41) is 15.0. The monoisotopic (exact) mass is 674 g/mol. The second-order valence-electron chi connectivity index (χ2n) is 8.90. The standard InChI is InChI=1S/C28H24Cl2N6O4S3/c29-19-8-13-24(23(30)17-19)40-15-4-7-25-33-34-28(36(25)21-5-2-1-3-6-21)42-18-26(37)32-20-9-11-22(12-10-20)43(38,39)35-27-31-14-16-41-27/h1-3,5-6,8-14,16-17H,4,7,15,18H2,(H,31,35)(H,32,37). The number of thioether (sulfide) groups is 1. The van der Waals surface area contributed by atoms with Crippen LogP contribution in [0.3, 0.4) is 0 Å². The molecular weight excluding hydrogens is 651 g/mol. The molecule has 0 aliphatic rings. The third-order valence-electron chi connectivity index (χ3n) is 5.85. The number of thiazole rings is 1. The van der Waals surface area contributed by atoms with E-state index >= 15 is 0 Å². The van der Waals surface area contributed by atoms with Crippen LogP contribution in [0, 0.1) is 0 Å². The van der Waals surface area contributed by atoms with Gasteiger partial charge in [0.05, 0.1) is 22.3 Å². The number of aryl methyl sites for hydroxylation is 1. The lowest BCUT2D eigenvalue weighted by Gasteiger charge is -2.11. The van der Waals surface area contributed by atoms with Crippen molar-refractivity contribution in [2.24, 2.45) is 0 Å². The quantitative estimate of drug-likeness (QED) is 0.106. The van der Waals surface area contributed by atoms with E-state index in [1.54, 1.807) is 23.6 Å². The normalized spacial score (nSPS) is 11.3. The first kappa shape index (κ1) is 30.8. The number of rotatable bonds is 13. The van der Waals surface area contributed by atoms with Crippen LogP contribution in [0.2, 0.25) is 10.0 Å². The van der Waals surface area contributed by atoms with Crippen molar-refractivity contribution in [3.63, 3.8) is 0 Å². The van der Waals surface area contributed by atoms with Crippen molar-refractivity contribution < 1.29 is 17.9 Å². The van der Waals surface area contributed by atoms with Crippen molar-refractivity contribution >= 4 is 73.0 Å². The Balaban J connectivity index is 1.19. The number of nitrogens with one attached hydrogen (secondary N) is 2. The SMILES string of the molecule is O=C(CSc1nnc(CCCOc2ccc(Cl)cc2Cl)n1-c1ccccc1)Nc1ccc(S(=O)(=O)Nc2nccs2)cc1. The molecule has 0 aliphatic heterocycles. The molecule has 0 bridgehead atoms. The fourth-order valence-corrected chi connectivity index (χ4v) is 6.91. The Morgan fingerprint density at radius 3 is 2.53 bits per heavy atom. The van der Waals surface area contributed by atoms with Crippen LogP contribution in [0.15, 0.2) is 94.4 Å². The maximum Gasteiger partial charge on any atom is 0.263 e. The zero-order valence-corrected chi connectivity index (χ0v) is 26.3. The van der Waals surface area contributed by atoms with E-state index in [9.17, 15) is 13.2 Å². The van der Waals surface area contributed by atoms with Gasteiger partial charge in [-0.15, -0.1) is 21.5 Å². The number of para-hydroxylation sites is 1. The van der Waals surface area contributed by atoms with Crippen molar-refractivity contribution in [2.45, 2.75) is 22.9 Å². The molecule has 0 atom stereocenters. The van der Waals surface area contributed by atoms with Crippen LogP contribution in [0.1, 0.15) is 12.2 Å². The van der Waals surface area contributed by atoms with Crippen molar-refractivity contribution in [2.75, 3.05) is 22.4 Å². The Labute approximate surface area is 266 Å². The van der Waals surface area contributed by atoms with E-state index in [0.717, 1.165) is 11.5 Å². The average molecular weight is 676 g/mol. The zero-order valence-electron chi connectivity index (χ0n) is 22.3. The second-order valence-corrected chi connectivity index (χ2v) is 13.3. The number of anilines is 2. The molecule has 5 rings (SSSR count). The molecule has 222 valence electrons. The van der Waals surface area contributed by atoms with Crippen LogP contribution < -0.4 is 14.8 Å². The Morgan fingerprint density at radius 2 is 1.81 bits per heavy atom. The Morgan fingerprint density at radius 1 is 1.02 bits per heavy atom. The summed E-state index contributed by atoms with van der Waals surface area (Å²) >= 11 is 14.6. The maximum absolute atomic E-state index is 12.8. The number of hydrogen-bond acceptors (Lipinski definition) is 9. The number of carbonyl (C=O) groups is 1. The molecule has 0 aliphatic carbocycles. The summed E-state index contributed by atoms with van der Waals surface area (Å²) < 4.78 is 35.2. The first-order valence-corrected chi connectivity index (χ1v) is 16.9. The summed E-state index contributed by atoms with van der Waals surface area (Å²) in [6, 6.07) is 20.6. The van der Waals surface area contributed by atoms with E-state index in [1.807, 2.05) is 34.9 Å². The maximum atomic E-state index is 12.8. The van der Waals surface area contributed by atoms with Crippen LogP contribution >= 0.6 is 46.3 Å². The van der Waals surface area contributed by atoms with E-state index in [4.69, 9.17) is 27.9 Å². The number of nitrogens with zero attached hydrogens (tertiary/aromatic N) is 4. The molecule has 2 N–H and O–H groups in total. The lowest BCUT2D eigenvalue weighted by atomic mass is 10.2. The molecule has 3 aromatic carbocycles. The molecule has 0 saturated carbocycles. The highest BCUT2D eigenvalue weighted by molar-refractivity contribution is 7.99. The number of hydrogen-bond donors (Lipinski definition) is 2. The summed E-state index contributed by atoms with van der Waals surface area (Å²) in [7, 11) is -3.79. The van der Waals surface area contributed by atoms with Gasteiger partial charge in [-0.25, -0.2) is 13.4 Å². The van der Waals surface area contributed by atoms with Gasteiger partial charge in [0.15, 0.2) is 10.3 Å². The average Bonchev–Trinajstić information content (AvgIpc) is 3.65. The van der Waals surface area contributed by atoms with Gasteiger partial charge in [-0.05, 0) is 61.0 Å². The second kappa shape index (κ2) is 14.2. The largest absolute Gasteiger partial charge is 0.492 e. The van der Waals surface area contributed by atoms with Crippen molar-refractivity contribution in [1.29, 1.82) is 0 Å². The molecule has 15 heteroatoms. The fraction of sp³-hybridized carbons (Fsp3) is 0.143. The summed E-state index contributed by atoms with van der Waals surface area (Å²) in [6.07, 6.45) is 2.74. The van der Waals surface area contributed by atoms with Crippen LogP contribution in [0.25, 0.3) is 5.69 Å². The molecule has 0 saturated heterocycles. The smallest absolute Gasteiger partial charge is 0.263 e. The number of carbonyl (C=O) groups excluding carboxylic acids is 1. The lowest BCUT2D eigenvalue weighted by molar-refractivity contribution is -0.113. The van der Waals surface area contributed by atoms with E-state index in [2.05, 4.69) is 25.2 Å². The minimum atomic E-state index is -3.79. The van der Waals surface area contributed by atoms with Crippen LogP contribution in [-0.2, 0) is 21.2 Å². The number of aromatic nitrogens is 4. The molecule has 5 aromatic rings. The Hall–Kier alpha value is -3.62. The molecule has 10 nitrogen and oxygen atoms in total. The molecule has 0 fully saturated rings. The lowest BCUT2D eigenvalue weighted by Crippen LogP contribution is -2.15. The van der Waals surface area contributed by atoms with Gasteiger partial charge >= 0.3 is 0 Å². The highest BCUT2D eigenvalue weighted by atomic mass is 35.5. The predicted octanol–water partition coefficient (Wildman–Crippen LogP) is 6.57. The van der Waals surface area contributed by atoms with Gasteiger partial charge in [-0.1, -0.05) is 53.2 Å². The third kappa shape index (κ3) is 8.27. The van der Waals surface area contributed by atoms with Crippen LogP contribution in [0.5, 0.6) is 5.75 Å². The van der Waals surface area contributed by atoms with Gasteiger partial charge in [-0.2, -0.15) is 0 Å². The molecule has 0 radical (unpaired) electrons. The summed E-state index contributed by atoms with van der Waals surface area (Å²) in [5.74, 6) is 1.07. The minimum absolute atomic E-state index is 0.0558. The topological polar surface area (TPSA) is 128 Å². The van der Waals surface area contributed by atoms with Crippen molar-refractivity contribution in [3.05, 3.63) is 100 Å². The summed E-state index contributed by atoms with van der Waals surface area (Å²) in [4.78, 5) is 16.8. The summed E-state index contributed by atoms with van der Waals surface area (Å²) in [6.45, 7) is 0.412. The van der Waals surface area contributed by atoms with Crippen LogP contribution in [-0.4, -0.2) is 46.4 Å². The predicted molar refractivity (Wildman–Crippen MR) is 170 cm³/mol. The van der Waals surface area contributed by atoms with Gasteiger partial charge in [0.25, 0.3) is 10.0 Å². The first-order valence-electron chi connectivity index (χ1n) is 12.8. The van der Waals surface area contributed by atoms with E-state index in [1.165, 1.54) is 53.6 Å². The molecule has 2 aromatic heterocycles. The van der Waals surface area contributed by atoms with Gasteiger partial charge in [0, 0.05) is 34.4 Å². The summed E-state index contributed by atoms with van der Waals surface area (Å²) in [5.41, 5.74) is 1.33. The van der Waals surface area contributed by atoms with E-state index in [0.29, 0.717) is 46.1 Å². The van der Waals surface area contributed by atoms with Gasteiger partial charge < -0.3 is 10.1 Å². The zero-order chi connectivity index (χ0) is 30.2. The van der Waals surface area contributed by atoms with Gasteiger partial charge in [0.1, 0.15) is 11.6 Å². The molecule has 43 heavy (non-hydrogen) atoms. The fourth-order valence-electron chi connectivity index (χ4n) is 3.89. The number of ether oxygens (including phenoxy) is 1. The van der Waals surface area contributed by atoms with E-state index in [-0.39, 0.29) is 21.7 Å². The van der Waals surface area contributed by atoms with Gasteiger partial charge in [0.2, 0.25) is 5.91 Å². The number of sulfonamides is 1. The molecule has 0 spiro atoms. The van der Waals surface area contributed by atoms with Crippen molar-refractivity contribution in [3.8, 4) is 11.4 Å². The molecule has 1 amide bonds. The van der Waals surface area contributed by atoms with Crippen LogP contribution in [0.4, 0.5) is 10.8 Å². The van der Waals surface area contributed by atoms with Gasteiger partial charge in [-0.3, -0.25) is 14.1 Å². The molecular formula is C28H24Cl2N6O4S3. The van der Waals surface area contributed by atoms with Crippen molar-refractivity contribution in [1.82, 2.24) is 19.7 Å². The molecule has 0 unspecified atom stereocenters.